The molecule has 11 nitrogen and oxygen atoms in total. The van der Waals surface area contributed by atoms with Crippen molar-refractivity contribution in [3.8, 4) is 11.5 Å². The van der Waals surface area contributed by atoms with E-state index in [-0.39, 0.29) is 49.4 Å². The number of unbranched alkanes of at least 4 members (excludes halogenated alkanes) is 2. The summed E-state index contributed by atoms with van der Waals surface area (Å²) in [5.74, 6) is -0.602. The standard InChI is InChI=1S/C44H59N3O8/c1-4-22-47(42(50)31-18-19-31)39-28-37(46-53-6-3)35-26-32(16-10-12-23-48)34(17-11-13-24-49)40-36-27-33(54-43(51)45-29-30-14-8-7-9-15-30)20-21-38(36)55-44(39,41(35)40)52-25-5-2/h5,7-9,14-15,20-21,26-27,31-32,34,39-41,48-49H,2,4,6,10-13,16-19,22-25,28-29H2,1,3H3,(H,45,51). The molecule has 6 atom stereocenters. The van der Waals surface area contributed by atoms with Crippen molar-refractivity contribution in [2.45, 2.75) is 102 Å². The van der Waals surface area contributed by atoms with E-state index in [1.165, 1.54) is 0 Å². The van der Waals surface area contributed by atoms with Gasteiger partial charge in [-0.25, -0.2) is 4.79 Å². The number of nitrogens with one attached hydrogen (secondary N) is 1. The summed E-state index contributed by atoms with van der Waals surface area (Å²) in [6.07, 6.45) is 11.1. The molecule has 2 fully saturated rings. The first-order valence-corrected chi connectivity index (χ1v) is 20.4. The Bertz CT molecular complexity index is 1680. The maximum atomic E-state index is 14.2. The van der Waals surface area contributed by atoms with Crippen molar-refractivity contribution in [3.05, 3.63) is 84.0 Å². The van der Waals surface area contributed by atoms with Crippen LogP contribution in [-0.2, 0) is 20.9 Å². The predicted octanol–water partition coefficient (Wildman–Crippen LogP) is 7.28. The molecule has 1 heterocycles. The number of benzene rings is 2. The second kappa shape index (κ2) is 19.1. The third-order valence-electron chi connectivity index (χ3n) is 11.5. The monoisotopic (exact) mass is 757 g/mol. The number of ether oxygens (including phenoxy) is 3. The Hall–Kier alpha value is -4.19. The van der Waals surface area contributed by atoms with E-state index in [1.807, 2.05) is 54.3 Å². The molecule has 0 spiro atoms. The van der Waals surface area contributed by atoms with Crippen molar-refractivity contribution >= 4 is 17.7 Å². The van der Waals surface area contributed by atoms with Gasteiger partial charge >= 0.3 is 6.09 Å². The quantitative estimate of drug-likeness (QED) is 0.0728. The number of aliphatic hydroxyl groups excluding tert-OH is 2. The van der Waals surface area contributed by atoms with E-state index in [2.05, 4.69) is 24.9 Å². The van der Waals surface area contributed by atoms with Crippen LogP contribution in [0.25, 0.3) is 0 Å². The van der Waals surface area contributed by atoms with Crippen molar-refractivity contribution in [3.63, 3.8) is 0 Å². The zero-order chi connectivity index (χ0) is 38.8. The lowest BCUT2D eigenvalue weighted by Gasteiger charge is -2.60. The first-order valence-electron chi connectivity index (χ1n) is 20.4. The van der Waals surface area contributed by atoms with Crippen LogP contribution in [0.2, 0.25) is 0 Å². The number of fused-ring (bicyclic) bond motifs is 2. The third-order valence-corrected chi connectivity index (χ3v) is 11.5. The van der Waals surface area contributed by atoms with Gasteiger partial charge in [0.1, 0.15) is 24.1 Å². The highest BCUT2D eigenvalue weighted by molar-refractivity contribution is 6.03. The van der Waals surface area contributed by atoms with E-state index in [0.717, 1.165) is 67.4 Å². The molecule has 0 saturated heterocycles. The van der Waals surface area contributed by atoms with Crippen molar-refractivity contribution in [2.24, 2.45) is 28.8 Å². The van der Waals surface area contributed by atoms with Crippen LogP contribution >= 0.6 is 0 Å². The molecule has 1 aliphatic heterocycles. The molecule has 2 aromatic carbocycles. The minimum atomic E-state index is -1.29. The summed E-state index contributed by atoms with van der Waals surface area (Å²) in [6.45, 7) is 9.68. The van der Waals surface area contributed by atoms with E-state index in [4.69, 9.17) is 24.2 Å². The first kappa shape index (κ1) is 40.5. The summed E-state index contributed by atoms with van der Waals surface area (Å²) in [5, 5.41) is 27.3. The SMILES string of the molecule is C=CCOC12Oc3ccc(OC(=O)NCc4ccccc4)cc3C3C(CCCCO)C(CCCCO)C=C(C(=NOCC)CC1N(CCC)C(=O)C1CC1)C32. The largest absolute Gasteiger partial charge is 0.459 e. The number of rotatable bonds is 20. The molecule has 298 valence electrons. The number of carbonyl (C=O) groups excluding carboxylic acids is 2. The van der Waals surface area contributed by atoms with Crippen molar-refractivity contribution in [2.75, 3.05) is 33.0 Å². The second-order valence-corrected chi connectivity index (χ2v) is 15.2. The Kier molecular flexibility index (Phi) is 14.1. The fourth-order valence-corrected chi connectivity index (χ4v) is 8.99. The lowest BCUT2D eigenvalue weighted by Crippen LogP contribution is -2.70. The Morgan fingerprint density at radius 1 is 1.05 bits per heavy atom. The Balaban J connectivity index is 1.50. The summed E-state index contributed by atoms with van der Waals surface area (Å²) >= 11 is 0. The zero-order valence-electron chi connectivity index (χ0n) is 32.5. The van der Waals surface area contributed by atoms with Crippen LogP contribution in [0, 0.1) is 23.7 Å². The van der Waals surface area contributed by atoms with E-state index >= 15 is 0 Å². The van der Waals surface area contributed by atoms with Crippen LogP contribution in [0.1, 0.15) is 95.1 Å². The molecule has 55 heavy (non-hydrogen) atoms. The normalized spacial score (nSPS) is 25.9. The highest BCUT2D eigenvalue weighted by atomic mass is 16.7. The highest BCUT2D eigenvalue weighted by Gasteiger charge is 2.65. The summed E-state index contributed by atoms with van der Waals surface area (Å²) in [7, 11) is 0. The number of hydrogen-bond acceptors (Lipinski definition) is 9. The van der Waals surface area contributed by atoms with Crippen molar-refractivity contribution < 1.29 is 38.9 Å². The number of nitrogens with zero attached hydrogens (tertiary/aromatic N) is 2. The Morgan fingerprint density at radius 2 is 1.82 bits per heavy atom. The molecule has 11 heteroatoms. The number of amides is 2. The molecule has 0 radical (unpaired) electrons. The fraction of sp³-hybridized carbons (Fsp3) is 0.568. The first-order chi connectivity index (χ1) is 26.9. The molecule has 0 bridgehead atoms. The van der Waals surface area contributed by atoms with Crippen LogP contribution in [0.15, 0.2) is 78.0 Å². The molecule has 4 aliphatic rings. The van der Waals surface area contributed by atoms with Gasteiger partial charge in [-0.15, -0.1) is 6.58 Å². The molecule has 2 aromatic rings. The molecule has 3 aliphatic carbocycles. The topological polar surface area (TPSA) is 139 Å². The van der Waals surface area contributed by atoms with Crippen molar-refractivity contribution in [1.29, 1.82) is 0 Å². The minimum Gasteiger partial charge on any atom is -0.459 e. The van der Waals surface area contributed by atoms with Crippen LogP contribution in [-0.4, -0.2) is 77.6 Å². The summed E-state index contributed by atoms with van der Waals surface area (Å²) in [4.78, 5) is 35.2. The minimum absolute atomic E-state index is 0.0138. The van der Waals surface area contributed by atoms with Gasteiger partial charge in [-0.1, -0.05) is 67.4 Å². The molecular weight excluding hydrogens is 698 g/mol. The van der Waals surface area contributed by atoms with Crippen LogP contribution in [0.5, 0.6) is 11.5 Å². The smallest absolute Gasteiger partial charge is 0.412 e. The molecule has 6 unspecified atom stereocenters. The van der Waals surface area contributed by atoms with E-state index < -0.39 is 23.8 Å². The summed E-state index contributed by atoms with van der Waals surface area (Å²) in [6, 6.07) is 14.7. The van der Waals surface area contributed by atoms with Crippen LogP contribution in [0.4, 0.5) is 4.79 Å². The number of hydrogen-bond donors (Lipinski definition) is 3. The lowest BCUT2D eigenvalue weighted by atomic mass is 9.55. The number of carbonyl (C=O) groups is 2. The van der Waals surface area contributed by atoms with Gasteiger partial charge in [0.25, 0.3) is 0 Å². The summed E-state index contributed by atoms with van der Waals surface area (Å²) in [5.41, 5.74) is 3.63. The van der Waals surface area contributed by atoms with E-state index in [9.17, 15) is 19.8 Å². The van der Waals surface area contributed by atoms with Crippen LogP contribution < -0.4 is 14.8 Å². The maximum absolute atomic E-state index is 14.2. The molecule has 0 aromatic heterocycles. The molecule has 2 saturated carbocycles. The molecular formula is C44H59N3O8. The third kappa shape index (κ3) is 9.11. The summed E-state index contributed by atoms with van der Waals surface area (Å²) < 4.78 is 20.2. The van der Waals surface area contributed by atoms with Gasteiger partial charge in [-0.3, -0.25) is 4.79 Å². The van der Waals surface area contributed by atoms with Gasteiger partial charge in [0.2, 0.25) is 11.7 Å². The molecule has 2 amide bonds. The number of aliphatic hydroxyl groups is 2. The Morgan fingerprint density at radius 3 is 2.51 bits per heavy atom. The van der Waals surface area contributed by atoms with Gasteiger partial charge in [-0.05, 0) is 93.0 Å². The van der Waals surface area contributed by atoms with Gasteiger partial charge < -0.3 is 39.5 Å². The molecule has 3 N–H and O–H groups in total. The average molecular weight is 758 g/mol. The average Bonchev–Trinajstić information content (AvgIpc) is 4.05. The van der Waals surface area contributed by atoms with E-state index in [0.29, 0.717) is 50.5 Å². The van der Waals surface area contributed by atoms with Crippen molar-refractivity contribution in [1.82, 2.24) is 10.2 Å². The van der Waals surface area contributed by atoms with Crippen LogP contribution in [0.3, 0.4) is 0 Å². The van der Waals surface area contributed by atoms with E-state index in [1.54, 1.807) is 12.1 Å². The van der Waals surface area contributed by atoms with Gasteiger partial charge in [0.05, 0.1) is 18.2 Å². The number of allylic oxidation sites excluding steroid dienone is 1. The fourth-order valence-electron chi connectivity index (χ4n) is 8.99. The lowest BCUT2D eigenvalue weighted by molar-refractivity contribution is -0.257. The van der Waals surface area contributed by atoms with Gasteiger partial charge in [0.15, 0.2) is 0 Å². The van der Waals surface area contributed by atoms with Gasteiger partial charge in [0, 0.05) is 50.1 Å². The zero-order valence-corrected chi connectivity index (χ0v) is 32.5. The maximum Gasteiger partial charge on any atom is 0.412 e. The number of oxime groups is 1. The van der Waals surface area contributed by atoms with Gasteiger partial charge in [-0.2, -0.15) is 0 Å². The second-order valence-electron chi connectivity index (χ2n) is 15.2. The predicted molar refractivity (Wildman–Crippen MR) is 211 cm³/mol. The highest BCUT2D eigenvalue weighted by Crippen LogP contribution is 2.62. The Labute approximate surface area is 325 Å². The molecule has 6 rings (SSSR count).